The predicted octanol–water partition coefficient (Wildman–Crippen LogP) is 1.92. The highest BCUT2D eigenvalue weighted by Crippen LogP contribution is 2.25. The quantitative estimate of drug-likeness (QED) is 0.654. The van der Waals surface area contributed by atoms with Gasteiger partial charge >= 0.3 is 0 Å². The number of carbonyl (C=O) groups is 2. The van der Waals surface area contributed by atoms with E-state index in [0.717, 1.165) is 11.1 Å². The van der Waals surface area contributed by atoms with E-state index < -0.39 is 0 Å². The van der Waals surface area contributed by atoms with Crippen LogP contribution in [-0.4, -0.2) is 23.3 Å². The first kappa shape index (κ1) is 9.90. The van der Waals surface area contributed by atoms with Crippen molar-refractivity contribution >= 4 is 11.8 Å². The Kier molecular flexibility index (Phi) is 2.11. The second-order valence-corrected chi connectivity index (χ2v) is 3.84. The minimum absolute atomic E-state index is 0.166. The maximum atomic E-state index is 11.8. The lowest BCUT2D eigenvalue weighted by atomic mass is 10.0. The van der Waals surface area contributed by atoms with E-state index in [-0.39, 0.29) is 11.8 Å². The van der Waals surface area contributed by atoms with Gasteiger partial charge in [-0.1, -0.05) is 0 Å². The molecular formula is C12H13NO2. The minimum Gasteiger partial charge on any atom is -0.275 e. The average Bonchev–Trinajstić information content (AvgIpc) is 2.42. The molecular weight excluding hydrogens is 190 g/mol. The van der Waals surface area contributed by atoms with Gasteiger partial charge < -0.3 is 0 Å². The molecule has 0 atom stereocenters. The Hall–Kier alpha value is -1.64. The molecule has 1 aromatic carbocycles. The standard InChI is InChI=1S/C12H13NO2/c1-4-13-11(14)9-5-7(2)8(3)6-10(9)12(13)15/h5-6H,4H2,1-3H3. The van der Waals surface area contributed by atoms with E-state index in [1.54, 1.807) is 19.1 Å². The zero-order valence-corrected chi connectivity index (χ0v) is 9.13. The summed E-state index contributed by atoms with van der Waals surface area (Å²) in [5.41, 5.74) is 3.19. The summed E-state index contributed by atoms with van der Waals surface area (Å²) in [6, 6.07) is 3.61. The molecule has 0 bridgehead atoms. The zero-order valence-electron chi connectivity index (χ0n) is 9.13. The van der Waals surface area contributed by atoms with Crippen LogP contribution in [0.25, 0.3) is 0 Å². The molecule has 3 heteroatoms. The van der Waals surface area contributed by atoms with Crippen LogP contribution in [0, 0.1) is 13.8 Å². The second kappa shape index (κ2) is 3.19. The summed E-state index contributed by atoms with van der Waals surface area (Å²) in [4.78, 5) is 24.9. The fraction of sp³-hybridized carbons (Fsp3) is 0.333. The van der Waals surface area contributed by atoms with Gasteiger partial charge in [0.25, 0.3) is 11.8 Å². The van der Waals surface area contributed by atoms with Crippen molar-refractivity contribution in [3.8, 4) is 0 Å². The minimum atomic E-state index is -0.166. The fourth-order valence-corrected chi connectivity index (χ4v) is 1.84. The van der Waals surface area contributed by atoms with Crippen LogP contribution < -0.4 is 0 Å². The van der Waals surface area contributed by atoms with Crippen LogP contribution >= 0.6 is 0 Å². The van der Waals surface area contributed by atoms with E-state index in [0.29, 0.717) is 17.7 Å². The molecule has 1 heterocycles. The van der Waals surface area contributed by atoms with Gasteiger partial charge in [0.15, 0.2) is 0 Å². The molecule has 0 aromatic heterocycles. The first-order valence-corrected chi connectivity index (χ1v) is 5.03. The van der Waals surface area contributed by atoms with Crippen LogP contribution in [0.15, 0.2) is 12.1 Å². The lowest BCUT2D eigenvalue weighted by Gasteiger charge is -2.08. The van der Waals surface area contributed by atoms with Crippen molar-refractivity contribution in [1.82, 2.24) is 4.90 Å². The Morgan fingerprint density at radius 2 is 1.40 bits per heavy atom. The Labute approximate surface area is 88.7 Å². The van der Waals surface area contributed by atoms with Crippen LogP contribution in [-0.2, 0) is 0 Å². The largest absolute Gasteiger partial charge is 0.275 e. The SMILES string of the molecule is CCN1C(=O)c2cc(C)c(C)cc2C1=O. The number of amides is 2. The summed E-state index contributed by atoms with van der Waals surface area (Å²) in [5.74, 6) is -0.332. The Bertz CT molecular complexity index is 422. The van der Waals surface area contributed by atoms with Gasteiger partial charge in [0.05, 0.1) is 11.1 Å². The summed E-state index contributed by atoms with van der Waals surface area (Å²) in [5, 5.41) is 0. The highest BCUT2D eigenvalue weighted by Gasteiger charge is 2.34. The Balaban J connectivity index is 2.63. The normalized spacial score (nSPS) is 14.7. The lowest BCUT2D eigenvalue weighted by Crippen LogP contribution is -2.29. The van der Waals surface area contributed by atoms with Gasteiger partial charge in [0, 0.05) is 6.54 Å². The fourth-order valence-electron chi connectivity index (χ4n) is 1.84. The Morgan fingerprint density at radius 1 is 1.00 bits per heavy atom. The van der Waals surface area contributed by atoms with E-state index in [2.05, 4.69) is 0 Å². The number of fused-ring (bicyclic) bond motifs is 1. The molecule has 3 nitrogen and oxygen atoms in total. The third kappa shape index (κ3) is 1.27. The molecule has 0 radical (unpaired) electrons. The van der Waals surface area contributed by atoms with Crippen LogP contribution in [0.1, 0.15) is 38.8 Å². The molecule has 0 saturated carbocycles. The van der Waals surface area contributed by atoms with Crippen LogP contribution in [0.4, 0.5) is 0 Å². The van der Waals surface area contributed by atoms with Crippen LogP contribution in [0.3, 0.4) is 0 Å². The highest BCUT2D eigenvalue weighted by atomic mass is 16.2. The summed E-state index contributed by atoms with van der Waals surface area (Å²) in [7, 11) is 0. The number of hydrogen-bond donors (Lipinski definition) is 0. The molecule has 0 saturated heterocycles. The summed E-state index contributed by atoms with van der Waals surface area (Å²) in [6.07, 6.45) is 0. The number of rotatable bonds is 1. The molecule has 1 aliphatic heterocycles. The van der Waals surface area contributed by atoms with Gasteiger partial charge in [0.2, 0.25) is 0 Å². The molecule has 2 amide bonds. The number of hydrogen-bond acceptors (Lipinski definition) is 2. The number of imide groups is 1. The molecule has 15 heavy (non-hydrogen) atoms. The van der Waals surface area contributed by atoms with E-state index in [9.17, 15) is 9.59 Å². The summed E-state index contributed by atoms with van der Waals surface area (Å²) in [6.45, 7) is 6.13. The first-order valence-electron chi connectivity index (χ1n) is 5.03. The number of carbonyl (C=O) groups excluding carboxylic acids is 2. The molecule has 0 N–H and O–H groups in total. The molecule has 78 valence electrons. The number of nitrogens with zero attached hydrogens (tertiary/aromatic N) is 1. The molecule has 1 aromatic rings. The van der Waals surface area contributed by atoms with Gasteiger partial charge in [-0.2, -0.15) is 0 Å². The van der Waals surface area contributed by atoms with Crippen molar-refractivity contribution in [3.05, 3.63) is 34.4 Å². The predicted molar refractivity (Wildman–Crippen MR) is 57.0 cm³/mol. The number of aryl methyl sites for hydroxylation is 2. The topological polar surface area (TPSA) is 37.4 Å². The van der Waals surface area contributed by atoms with Gasteiger partial charge in [-0.3, -0.25) is 14.5 Å². The maximum absolute atomic E-state index is 11.8. The van der Waals surface area contributed by atoms with Crippen molar-refractivity contribution in [3.63, 3.8) is 0 Å². The third-order valence-corrected chi connectivity index (χ3v) is 2.90. The van der Waals surface area contributed by atoms with E-state index in [1.165, 1.54) is 4.90 Å². The molecule has 0 unspecified atom stereocenters. The maximum Gasteiger partial charge on any atom is 0.261 e. The molecule has 1 aliphatic rings. The summed E-state index contributed by atoms with van der Waals surface area (Å²) < 4.78 is 0. The average molecular weight is 203 g/mol. The lowest BCUT2D eigenvalue weighted by molar-refractivity contribution is 0.0663. The molecule has 0 fully saturated rings. The van der Waals surface area contributed by atoms with Gasteiger partial charge in [-0.05, 0) is 44.0 Å². The number of benzene rings is 1. The van der Waals surface area contributed by atoms with Gasteiger partial charge in [0.1, 0.15) is 0 Å². The highest BCUT2D eigenvalue weighted by molar-refractivity contribution is 6.21. The van der Waals surface area contributed by atoms with Crippen molar-refractivity contribution in [1.29, 1.82) is 0 Å². The van der Waals surface area contributed by atoms with E-state index in [4.69, 9.17) is 0 Å². The van der Waals surface area contributed by atoms with Crippen molar-refractivity contribution in [2.24, 2.45) is 0 Å². The van der Waals surface area contributed by atoms with Crippen LogP contribution in [0.5, 0.6) is 0 Å². The van der Waals surface area contributed by atoms with Gasteiger partial charge in [-0.25, -0.2) is 0 Å². The van der Waals surface area contributed by atoms with E-state index >= 15 is 0 Å². The Morgan fingerprint density at radius 3 is 1.73 bits per heavy atom. The van der Waals surface area contributed by atoms with Crippen molar-refractivity contribution in [2.75, 3.05) is 6.54 Å². The smallest absolute Gasteiger partial charge is 0.261 e. The zero-order chi connectivity index (χ0) is 11.2. The molecule has 2 rings (SSSR count). The first-order chi connectivity index (χ1) is 7.06. The van der Waals surface area contributed by atoms with Gasteiger partial charge in [-0.15, -0.1) is 0 Å². The molecule has 0 spiro atoms. The summed E-state index contributed by atoms with van der Waals surface area (Å²) >= 11 is 0. The molecule has 0 aliphatic carbocycles. The monoisotopic (exact) mass is 203 g/mol. The van der Waals surface area contributed by atoms with Crippen LogP contribution in [0.2, 0.25) is 0 Å². The van der Waals surface area contributed by atoms with Crippen molar-refractivity contribution < 1.29 is 9.59 Å². The van der Waals surface area contributed by atoms with E-state index in [1.807, 2.05) is 13.8 Å². The van der Waals surface area contributed by atoms with Crippen molar-refractivity contribution in [2.45, 2.75) is 20.8 Å². The third-order valence-electron chi connectivity index (χ3n) is 2.90. The second-order valence-electron chi connectivity index (χ2n) is 3.84.